The van der Waals surface area contributed by atoms with E-state index in [1.54, 1.807) is 6.92 Å². The maximum atomic E-state index is 12.0. The number of nitrogens with zero attached hydrogens (tertiary/aromatic N) is 2. The maximum Gasteiger partial charge on any atom is 0.288 e. The molecule has 112 valence electrons. The lowest BCUT2D eigenvalue weighted by Gasteiger charge is -2.29. The van der Waals surface area contributed by atoms with Crippen molar-refractivity contribution < 1.29 is 14.5 Å². The Bertz CT molecular complexity index is 632. The first-order valence-corrected chi connectivity index (χ1v) is 6.70. The number of nitro benzene ring substituents is 1. The van der Waals surface area contributed by atoms with Crippen molar-refractivity contribution in [2.24, 2.45) is 0 Å². The molecule has 1 N–H and O–H groups in total. The molecule has 21 heavy (non-hydrogen) atoms. The monoisotopic (exact) mass is 311 g/mol. The number of benzene rings is 1. The highest BCUT2D eigenvalue weighted by atomic mass is 35.5. The second-order valence-corrected chi connectivity index (χ2v) is 5.31. The molecule has 0 saturated carbocycles. The molecule has 1 aromatic carbocycles. The Balaban J connectivity index is 2.24. The number of likely N-dealkylation sites (N-methyl/N-ethyl adjacent to an activating group) is 1. The Morgan fingerprint density at radius 2 is 2.10 bits per heavy atom. The SMILES string of the molecule is Cc1cc([N+](=O)[O-])c(Cl)cc1NC1CCC(=O)N(C)C1=O. The number of nitro groups is 1. The first-order chi connectivity index (χ1) is 9.81. The first kappa shape index (κ1) is 15.2. The third kappa shape index (κ3) is 2.97. The number of amides is 2. The molecule has 1 atom stereocenters. The zero-order chi connectivity index (χ0) is 15.7. The Morgan fingerprint density at radius 3 is 2.71 bits per heavy atom. The minimum atomic E-state index is -0.558. The fourth-order valence-electron chi connectivity index (χ4n) is 2.20. The van der Waals surface area contributed by atoms with E-state index in [0.717, 1.165) is 4.90 Å². The van der Waals surface area contributed by atoms with Crippen LogP contribution in [0.1, 0.15) is 18.4 Å². The van der Waals surface area contributed by atoms with E-state index < -0.39 is 11.0 Å². The predicted octanol–water partition coefficient (Wildman–Crippen LogP) is 2.12. The van der Waals surface area contributed by atoms with E-state index in [-0.39, 0.29) is 28.9 Å². The van der Waals surface area contributed by atoms with Crippen LogP contribution in [-0.4, -0.2) is 34.7 Å². The summed E-state index contributed by atoms with van der Waals surface area (Å²) in [7, 11) is 1.44. The van der Waals surface area contributed by atoms with Crippen LogP contribution in [0.3, 0.4) is 0 Å². The number of aryl methyl sites for hydroxylation is 1. The van der Waals surface area contributed by atoms with E-state index in [1.165, 1.54) is 19.2 Å². The van der Waals surface area contributed by atoms with E-state index in [9.17, 15) is 19.7 Å². The summed E-state index contributed by atoms with van der Waals surface area (Å²) < 4.78 is 0. The molecule has 0 aromatic heterocycles. The molecular weight excluding hydrogens is 298 g/mol. The van der Waals surface area contributed by atoms with Crippen LogP contribution in [0.25, 0.3) is 0 Å². The third-order valence-electron chi connectivity index (χ3n) is 3.47. The minimum absolute atomic E-state index is 0.000731. The highest BCUT2D eigenvalue weighted by molar-refractivity contribution is 6.33. The number of nitrogens with one attached hydrogen (secondary N) is 1. The molecule has 1 aliphatic rings. The van der Waals surface area contributed by atoms with Gasteiger partial charge < -0.3 is 5.32 Å². The number of anilines is 1. The molecule has 7 nitrogen and oxygen atoms in total. The smallest absolute Gasteiger partial charge is 0.288 e. The number of rotatable bonds is 3. The summed E-state index contributed by atoms with van der Waals surface area (Å²) in [4.78, 5) is 34.8. The zero-order valence-electron chi connectivity index (χ0n) is 11.6. The summed E-state index contributed by atoms with van der Waals surface area (Å²) in [6, 6.07) is 2.25. The van der Waals surface area contributed by atoms with E-state index >= 15 is 0 Å². The fourth-order valence-corrected chi connectivity index (χ4v) is 2.43. The summed E-state index contributed by atoms with van der Waals surface area (Å²) in [5, 5.41) is 13.8. The molecular formula is C13H14ClN3O4. The maximum absolute atomic E-state index is 12.0. The van der Waals surface area contributed by atoms with Crippen LogP contribution in [0.15, 0.2) is 12.1 Å². The lowest BCUT2D eigenvalue weighted by atomic mass is 10.0. The molecule has 2 rings (SSSR count). The largest absolute Gasteiger partial charge is 0.373 e. The van der Waals surface area contributed by atoms with Crippen molar-refractivity contribution >= 4 is 34.8 Å². The Morgan fingerprint density at radius 1 is 1.43 bits per heavy atom. The molecule has 1 saturated heterocycles. The second kappa shape index (κ2) is 5.69. The van der Waals surface area contributed by atoms with E-state index in [4.69, 9.17) is 11.6 Å². The van der Waals surface area contributed by atoms with Gasteiger partial charge in [0.2, 0.25) is 5.91 Å². The summed E-state index contributed by atoms with van der Waals surface area (Å²) in [5.41, 5.74) is 0.979. The molecule has 1 heterocycles. The fraction of sp³-hybridized carbons (Fsp3) is 0.385. The zero-order valence-corrected chi connectivity index (χ0v) is 12.3. The number of hydrogen-bond donors (Lipinski definition) is 1. The Labute approximate surface area is 126 Å². The van der Waals surface area contributed by atoms with Crippen molar-refractivity contribution in [3.05, 3.63) is 32.8 Å². The summed E-state index contributed by atoms with van der Waals surface area (Å²) >= 11 is 5.87. The van der Waals surface area contributed by atoms with Crippen molar-refractivity contribution in [1.82, 2.24) is 4.90 Å². The molecule has 0 spiro atoms. The first-order valence-electron chi connectivity index (χ1n) is 6.32. The van der Waals surface area contributed by atoms with Crippen LogP contribution in [-0.2, 0) is 9.59 Å². The van der Waals surface area contributed by atoms with Crippen molar-refractivity contribution in [2.45, 2.75) is 25.8 Å². The van der Waals surface area contributed by atoms with Crippen molar-refractivity contribution in [3.8, 4) is 0 Å². The van der Waals surface area contributed by atoms with Gasteiger partial charge in [0.15, 0.2) is 0 Å². The highest BCUT2D eigenvalue weighted by Gasteiger charge is 2.32. The molecule has 2 amide bonds. The second-order valence-electron chi connectivity index (χ2n) is 4.90. The van der Waals surface area contributed by atoms with Crippen molar-refractivity contribution in [3.63, 3.8) is 0 Å². The Kier molecular flexibility index (Phi) is 4.13. The van der Waals surface area contributed by atoms with Gasteiger partial charge in [-0.3, -0.25) is 24.6 Å². The van der Waals surface area contributed by atoms with Gasteiger partial charge in [0.25, 0.3) is 11.6 Å². The van der Waals surface area contributed by atoms with E-state index in [1.807, 2.05) is 0 Å². The lowest BCUT2D eigenvalue weighted by Crippen LogP contribution is -2.48. The standard InChI is InChI=1S/C13H14ClN3O4/c1-7-5-11(17(20)21)8(14)6-10(7)15-9-3-4-12(18)16(2)13(9)19/h5-6,9,15H,3-4H2,1-2H3. The van der Waals surface area contributed by atoms with Gasteiger partial charge in [0.1, 0.15) is 11.1 Å². The van der Waals surface area contributed by atoms with Gasteiger partial charge >= 0.3 is 0 Å². The quantitative estimate of drug-likeness (QED) is 0.524. The predicted molar refractivity (Wildman–Crippen MR) is 77.3 cm³/mol. The molecule has 1 aromatic rings. The molecule has 1 fully saturated rings. The number of likely N-dealkylation sites (tertiary alicyclic amines) is 1. The topological polar surface area (TPSA) is 92.6 Å². The Hall–Kier alpha value is -2.15. The summed E-state index contributed by atoms with van der Waals surface area (Å²) in [6.07, 6.45) is 0.662. The third-order valence-corrected chi connectivity index (χ3v) is 3.77. The number of hydrogen-bond acceptors (Lipinski definition) is 5. The highest BCUT2D eigenvalue weighted by Crippen LogP contribution is 2.31. The normalized spacial score (nSPS) is 18.8. The van der Waals surface area contributed by atoms with Crippen LogP contribution >= 0.6 is 11.6 Å². The lowest BCUT2D eigenvalue weighted by molar-refractivity contribution is -0.384. The summed E-state index contributed by atoms with van der Waals surface area (Å²) in [6.45, 7) is 1.69. The molecule has 0 bridgehead atoms. The van der Waals surface area contributed by atoms with Gasteiger partial charge in [-0.25, -0.2) is 0 Å². The van der Waals surface area contributed by atoms with Crippen LogP contribution in [0.2, 0.25) is 5.02 Å². The minimum Gasteiger partial charge on any atom is -0.373 e. The van der Waals surface area contributed by atoms with Gasteiger partial charge in [0.05, 0.1) is 4.92 Å². The summed E-state index contributed by atoms with van der Waals surface area (Å²) in [5.74, 6) is -0.531. The van der Waals surface area contributed by atoms with Gasteiger partial charge in [-0.15, -0.1) is 0 Å². The number of piperidine rings is 1. The molecule has 1 aliphatic heterocycles. The number of carbonyl (C=O) groups excluding carboxylic acids is 2. The van der Waals surface area contributed by atoms with Crippen LogP contribution in [0.4, 0.5) is 11.4 Å². The van der Waals surface area contributed by atoms with Crippen molar-refractivity contribution in [2.75, 3.05) is 12.4 Å². The molecule has 0 radical (unpaired) electrons. The average molecular weight is 312 g/mol. The number of carbonyl (C=O) groups is 2. The van der Waals surface area contributed by atoms with Gasteiger partial charge in [-0.1, -0.05) is 11.6 Å². The van der Waals surface area contributed by atoms with Crippen LogP contribution in [0.5, 0.6) is 0 Å². The van der Waals surface area contributed by atoms with Gasteiger partial charge in [0, 0.05) is 25.2 Å². The van der Waals surface area contributed by atoms with Gasteiger partial charge in [-0.05, 0) is 25.0 Å². The molecule has 8 heteroatoms. The number of imide groups is 1. The van der Waals surface area contributed by atoms with E-state index in [2.05, 4.69) is 5.32 Å². The van der Waals surface area contributed by atoms with Crippen LogP contribution in [0, 0.1) is 17.0 Å². The molecule has 1 unspecified atom stereocenters. The average Bonchev–Trinajstić information content (AvgIpc) is 2.42. The van der Waals surface area contributed by atoms with E-state index in [0.29, 0.717) is 17.7 Å². The molecule has 0 aliphatic carbocycles. The van der Waals surface area contributed by atoms with Crippen LogP contribution < -0.4 is 5.32 Å². The van der Waals surface area contributed by atoms with Crippen molar-refractivity contribution in [1.29, 1.82) is 0 Å². The number of halogens is 1. The van der Waals surface area contributed by atoms with Gasteiger partial charge in [-0.2, -0.15) is 0 Å².